The minimum absolute atomic E-state index is 0.115. The van der Waals surface area contributed by atoms with Crippen LogP contribution >= 0.6 is 0 Å². The van der Waals surface area contributed by atoms with Crippen molar-refractivity contribution in [1.29, 1.82) is 0 Å². The number of carbonyl (C=O) groups is 2. The lowest BCUT2D eigenvalue weighted by atomic mass is 10.1. The van der Waals surface area contributed by atoms with Gasteiger partial charge in [-0.3, -0.25) is 13.9 Å². The molecule has 44 heavy (non-hydrogen) atoms. The SMILES string of the molecule is C[C@@H](C(=O)N/N=C\c1ccc(OCC(=O)NCCc2ccccc2)cc1)N(c1ccc(Oc2ccccc2)cc1)S(C)(=O)=O. The summed E-state index contributed by atoms with van der Waals surface area (Å²) < 4.78 is 37.6. The fourth-order valence-electron chi connectivity index (χ4n) is 4.20. The maximum Gasteiger partial charge on any atom is 0.263 e. The molecule has 4 aromatic rings. The fourth-order valence-corrected chi connectivity index (χ4v) is 5.37. The van der Waals surface area contributed by atoms with Gasteiger partial charge in [-0.15, -0.1) is 0 Å². The minimum atomic E-state index is -3.81. The van der Waals surface area contributed by atoms with Gasteiger partial charge >= 0.3 is 0 Å². The third-order valence-corrected chi connectivity index (χ3v) is 7.62. The Morgan fingerprint density at radius 1 is 0.841 bits per heavy atom. The van der Waals surface area contributed by atoms with Crippen molar-refractivity contribution in [1.82, 2.24) is 10.7 Å². The van der Waals surface area contributed by atoms with E-state index < -0.39 is 22.0 Å². The predicted octanol–water partition coefficient (Wildman–Crippen LogP) is 4.52. The van der Waals surface area contributed by atoms with Gasteiger partial charge in [0.25, 0.3) is 11.8 Å². The smallest absolute Gasteiger partial charge is 0.263 e. The van der Waals surface area contributed by atoms with Gasteiger partial charge in [0.05, 0.1) is 18.2 Å². The molecule has 11 heteroatoms. The van der Waals surface area contributed by atoms with Crippen molar-refractivity contribution in [2.24, 2.45) is 5.10 Å². The quantitative estimate of drug-likeness (QED) is 0.159. The maximum atomic E-state index is 12.8. The van der Waals surface area contributed by atoms with Crippen LogP contribution in [0.15, 0.2) is 114 Å². The van der Waals surface area contributed by atoms with Crippen molar-refractivity contribution in [2.45, 2.75) is 19.4 Å². The Labute approximate surface area is 257 Å². The minimum Gasteiger partial charge on any atom is -0.484 e. The van der Waals surface area contributed by atoms with Crippen molar-refractivity contribution in [2.75, 3.05) is 23.7 Å². The van der Waals surface area contributed by atoms with Gasteiger partial charge in [0.2, 0.25) is 10.0 Å². The van der Waals surface area contributed by atoms with Crippen LogP contribution in [0.3, 0.4) is 0 Å². The van der Waals surface area contributed by atoms with Crippen LogP contribution < -0.4 is 24.5 Å². The number of nitrogens with zero attached hydrogens (tertiary/aromatic N) is 2. The summed E-state index contributed by atoms with van der Waals surface area (Å²) >= 11 is 0. The summed E-state index contributed by atoms with van der Waals surface area (Å²) in [6.07, 6.45) is 3.19. The van der Waals surface area contributed by atoms with Crippen LogP contribution in [0.1, 0.15) is 18.1 Å². The molecule has 2 amide bonds. The lowest BCUT2D eigenvalue weighted by molar-refractivity contribution is -0.123. The topological polar surface area (TPSA) is 126 Å². The van der Waals surface area contributed by atoms with Gasteiger partial charge in [-0.05, 0) is 85.1 Å². The van der Waals surface area contributed by atoms with Crippen molar-refractivity contribution in [3.63, 3.8) is 0 Å². The summed E-state index contributed by atoms with van der Waals surface area (Å²) in [4.78, 5) is 24.9. The second-order valence-corrected chi connectivity index (χ2v) is 11.7. The Morgan fingerprint density at radius 3 is 2.07 bits per heavy atom. The van der Waals surface area contributed by atoms with E-state index in [1.165, 1.54) is 13.1 Å². The zero-order valence-electron chi connectivity index (χ0n) is 24.4. The summed E-state index contributed by atoms with van der Waals surface area (Å²) in [5.74, 6) is 0.832. The van der Waals surface area contributed by atoms with E-state index in [0.29, 0.717) is 35.0 Å². The summed E-state index contributed by atoms with van der Waals surface area (Å²) in [7, 11) is -3.81. The average molecular weight is 615 g/mol. The first-order valence-corrected chi connectivity index (χ1v) is 15.7. The van der Waals surface area contributed by atoms with Crippen LogP contribution in [0, 0.1) is 0 Å². The number of para-hydroxylation sites is 1. The molecule has 10 nitrogen and oxygen atoms in total. The zero-order chi connectivity index (χ0) is 31.4. The molecule has 228 valence electrons. The van der Waals surface area contributed by atoms with E-state index >= 15 is 0 Å². The van der Waals surface area contributed by atoms with Gasteiger partial charge in [0, 0.05) is 6.54 Å². The molecule has 0 unspecified atom stereocenters. The number of sulfonamides is 1. The molecule has 0 aliphatic carbocycles. The number of benzene rings is 4. The molecule has 0 aliphatic heterocycles. The highest BCUT2D eigenvalue weighted by molar-refractivity contribution is 7.92. The summed E-state index contributed by atoms with van der Waals surface area (Å²) in [5.41, 5.74) is 4.51. The highest BCUT2D eigenvalue weighted by Gasteiger charge is 2.29. The number of carbonyl (C=O) groups excluding carboxylic acids is 2. The number of hydrazone groups is 1. The Kier molecular flexibility index (Phi) is 11.1. The summed E-state index contributed by atoms with van der Waals surface area (Å²) in [6, 6.07) is 31.2. The van der Waals surface area contributed by atoms with E-state index in [1.807, 2.05) is 60.7 Å². The van der Waals surface area contributed by atoms with E-state index in [9.17, 15) is 18.0 Å². The number of rotatable bonds is 14. The average Bonchev–Trinajstić information content (AvgIpc) is 3.02. The monoisotopic (exact) mass is 614 g/mol. The fraction of sp³-hybridized carbons (Fsp3) is 0.182. The molecule has 4 rings (SSSR count). The first-order valence-electron chi connectivity index (χ1n) is 13.9. The van der Waals surface area contributed by atoms with Crippen molar-refractivity contribution in [3.05, 3.63) is 120 Å². The van der Waals surface area contributed by atoms with Crippen LogP contribution in [-0.2, 0) is 26.0 Å². The van der Waals surface area contributed by atoms with Gasteiger partial charge in [-0.2, -0.15) is 5.10 Å². The van der Waals surface area contributed by atoms with Crippen molar-refractivity contribution < 1.29 is 27.5 Å². The standard InChI is InChI=1S/C33H34N4O6S/c1-25(37(44(2,40)41)28-15-19-31(20-16-28)43-30-11-7-4-8-12-30)33(39)36-35-23-27-13-17-29(18-14-27)42-24-32(38)34-22-21-26-9-5-3-6-10-26/h3-20,23,25H,21-22,24H2,1-2H3,(H,34,38)(H,36,39)/b35-23-/t25-/m0/s1. The lowest BCUT2D eigenvalue weighted by Gasteiger charge is -2.27. The molecule has 0 aromatic heterocycles. The molecule has 0 radical (unpaired) electrons. The molecule has 0 saturated carbocycles. The molecule has 0 saturated heterocycles. The van der Waals surface area contributed by atoms with Gasteiger partial charge in [-0.1, -0.05) is 48.5 Å². The number of anilines is 1. The number of hydrogen-bond acceptors (Lipinski definition) is 7. The van der Waals surface area contributed by atoms with Gasteiger partial charge in [0.15, 0.2) is 6.61 Å². The highest BCUT2D eigenvalue weighted by atomic mass is 32.2. The Bertz CT molecular complexity index is 1650. The Balaban J connectivity index is 1.26. The second-order valence-electron chi connectivity index (χ2n) is 9.82. The number of amides is 2. The van der Waals surface area contributed by atoms with E-state index in [0.717, 1.165) is 22.5 Å². The number of nitrogens with one attached hydrogen (secondary N) is 2. The van der Waals surface area contributed by atoms with Crippen LogP contribution in [0.5, 0.6) is 17.2 Å². The largest absolute Gasteiger partial charge is 0.484 e. The van der Waals surface area contributed by atoms with Gasteiger partial charge in [-0.25, -0.2) is 13.8 Å². The molecule has 0 aliphatic rings. The van der Waals surface area contributed by atoms with Crippen LogP contribution in [0.2, 0.25) is 0 Å². The second kappa shape index (κ2) is 15.4. The Hall–Kier alpha value is -5.16. The molecule has 0 spiro atoms. The molecule has 0 fully saturated rings. The normalized spacial score (nSPS) is 11.9. The first kappa shape index (κ1) is 31.8. The predicted molar refractivity (Wildman–Crippen MR) is 171 cm³/mol. The van der Waals surface area contributed by atoms with Crippen LogP contribution in [0.4, 0.5) is 5.69 Å². The van der Waals surface area contributed by atoms with Crippen molar-refractivity contribution in [3.8, 4) is 17.2 Å². The number of ether oxygens (including phenoxy) is 2. The van der Waals surface area contributed by atoms with E-state index in [4.69, 9.17) is 9.47 Å². The molecular formula is C33H34N4O6S. The van der Waals surface area contributed by atoms with E-state index in [-0.39, 0.29) is 12.5 Å². The maximum absolute atomic E-state index is 12.8. The first-order chi connectivity index (χ1) is 21.2. The number of hydrogen-bond donors (Lipinski definition) is 2. The lowest BCUT2D eigenvalue weighted by Crippen LogP contribution is -2.46. The summed E-state index contributed by atoms with van der Waals surface area (Å²) in [6.45, 7) is 1.88. The highest BCUT2D eigenvalue weighted by Crippen LogP contribution is 2.27. The molecule has 0 bridgehead atoms. The van der Waals surface area contributed by atoms with Gasteiger partial charge < -0.3 is 14.8 Å². The molecule has 1 atom stereocenters. The van der Waals surface area contributed by atoms with Crippen LogP contribution in [0.25, 0.3) is 0 Å². The Morgan fingerprint density at radius 2 is 1.43 bits per heavy atom. The zero-order valence-corrected chi connectivity index (χ0v) is 25.2. The van der Waals surface area contributed by atoms with E-state index in [1.54, 1.807) is 48.5 Å². The van der Waals surface area contributed by atoms with Crippen molar-refractivity contribution >= 4 is 33.7 Å². The van der Waals surface area contributed by atoms with Crippen LogP contribution in [-0.4, -0.2) is 51.9 Å². The van der Waals surface area contributed by atoms with E-state index in [2.05, 4.69) is 15.8 Å². The molecule has 4 aromatic carbocycles. The van der Waals surface area contributed by atoms with Gasteiger partial charge in [0.1, 0.15) is 23.3 Å². The third-order valence-electron chi connectivity index (χ3n) is 6.38. The molecular weight excluding hydrogens is 580 g/mol. The summed E-state index contributed by atoms with van der Waals surface area (Å²) in [5, 5.41) is 6.80. The molecule has 2 N–H and O–H groups in total. The molecule has 0 heterocycles. The third kappa shape index (κ3) is 9.70.